The fourth-order valence-corrected chi connectivity index (χ4v) is 6.12. The summed E-state index contributed by atoms with van der Waals surface area (Å²) >= 11 is 1.30. The first kappa shape index (κ1) is 26.8. The molecule has 0 amide bonds. The van der Waals surface area contributed by atoms with E-state index in [1.807, 2.05) is 49.7 Å². The van der Waals surface area contributed by atoms with Gasteiger partial charge in [-0.1, -0.05) is 18.3 Å². The first-order valence-electron chi connectivity index (χ1n) is 13.6. The van der Waals surface area contributed by atoms with Gasteiger partial charge in [0.1, 0.15) is 33.9 Å². The van der Waals surface area contributed by atoms with Gasteiger partial charge in [0.05, 0.1) is 5.69 Å². The standard InChI is InChI=1S/C30H30FN9S/c1-4-24-28(38(3)30-37-27(25(15-32)41-30)19-5-8-22(31)9-6-19)40-18-20(7-10-26(40)36-24)21-16-34-29(35-17-21)39-13-11-23(33-2)12-14-39/h5-10,16-18,23,33H,4,11-14H2,1-3H3. The third-order valence-corrected chi connectivity index (χ3v) is 8.63. The number of hydrogen-bond donors (Lipinski definition) is 1. The number of piperidine rings is 1. The van der Waals surface area contributed by atoms with Gasteiger partial charge in [0.2, 0.25) is 5.95 Å². The molecule has 41 heavy (non-hydrogen) atoms. The smallest absolute Gasteiger partial charge is 0.225 e. The van der Waals surface area contributed by atoms with Gasteiger partial charge in [-0.25, -0.2) is 24.3 Å². The fourth-order valence-electron chi connectivity index (χ4n) is 5.27. The summed E-state index contributed by atoms with van der Waals surface area (Å²) in [4.78, 5) is 23.7. The van der Waals surface area contributed by atoms with E-state index >= 15 is 0 Å². The van der Waals surface area contributed by atoms with Crippen molar-refractivity contribution in [1.82, 2.24) is 29.7 Å². The quantitative estimate of drug-likeness (QED) is 0.278. The minimum absolute atomic E-state index is 0.330. The van der Waals surface area contributed by atoms with Crippen LogP contribution in [0.2, 0.25) is 0 Å². The summed E-state index contributed by atoms with van der Waals surface area (Å²) in [5.74, 6) is 1.30. The lowest BCUT2D eigenvalue weighted by Crippen LogP contribution is -2.41. The average Bonchev–Trinajstić information content (AvgIpc) is 3.63. The second-order valence-electron chi connectivity index (χ2n) is 10.1. The molecule has 0 atom stereocenters. The summed E-state index contributed by atoms with van der Waals surface area (Å²) in [6.07, 6.45) is 8.68. The van der Waals surface area contributed by atoms with Gasteiger partial charge in [-0.05, 0) is 62.7 Å². The van der Waals surface area contributed by atoms with Crippen LogP contribution in [0.5, 0.6) is 0 Å². The van der Waals surface area contributed by atoms with E-state index in [0.29, 0.717) is 27.3 Å². The number of nitrogens with zero attached hydrogens (tertiary/aromatic N) is 8. The van der Waals surface area contributed by atoms with Gasteiger partial charge in [-0.15, -0.1) is 0 Å². The molecule has 1 aromatic carbocycles. The van der Waals surface area contributed by atoms with Crippen molar-refractivity contribution in [3.63, 3.8) is 0 Å². The SMILES string of the molecule is CCc1nc2ccc(-c3cnc(N4CCC(NC)CC4)nc3)cn2c1N(C)c1nc(-c2ccc(F)cc2)c(C#N)s1. The molecular weight excluding hydrogens is 537 g/mol. The molecule has 1 saturated heterocycles. The normalized spacial score (nSPS) is 14.0. The van der Waals surface area contributed by atoms with E-state index < -0.39 is 0 Å². The molecule has 0 unspecified atom stereocenters. The number of fused-ring (bicyclic) bond motifs is 1. The van der Waals surface area contributed by atoms with Gasteiger partial charge in [-0.2, -0.15) is 5.26 Å². The molecule has 0 bridgehead atoms. The lowest BCUT2D eigenvalue weighted by Gasteiger charge is -2.31. The number of rotatable bonds is 7. The molecule has 5 heterocycles. The second kappa shape index (κ2) is 11.2. The lowest BCUT2D eigenvalue weighted by atomic mass is 10.1. The number of hydrogen-bond acceptors (Lipinski definition) is 9. The third-order valence-electron chi connectivity index (χ3n) is 7.59. The third kappa shape index (κ3) is 5.12. The summed E-state index contributed by atoms with van der Waals surface area (Å²) in [6.45, 7) is 3.95. The van der Waals surface area contributed by atoms with Crippen LogP contribution in [0.25, 0.3) is 28.0 Å². The van der Waals surface area contributed by atoms with Crippen molar-refractivity contribution >= 4 is 33.9 Å². The molecule has 5 aromatic rings. The zero-order valence-electron chi connectivity index (χ0n) is 23.2. The summed E-state index contributed by atoms with van der Waals surface area (Å²) in [6, 6.07) is 12.9. The Labute approximate surface area is 242 Å². The highest BCUT2D eigenvalue weighted by atomic mass is 32.1. The van der Waals surface area contributed by atoms with E-state index in [2.05, 4.69) is 37.6 Å². The predicted octanol–water partition coefficient (Wildman–Crippen LogP) is 5.44. The highest BCUT2D eigenvalue weighted by molar-refractivity contribution is 7.16. The van der Waals surface area contributed by atoms with E-state index in [0.717, 1.165) is 66.6 Å². The molecule has 208 valence electrons. The monoisotopic (exact) mass is 567 g/mol. The highest BCUT2D eigenvalue weighted by Gasteiger charge is 2.23. The molecule has 0 spiro atoms. The van der Waals surface area contributed by atoms with Crippen molar-refractivity contribution in [3.8, 4) is 28.5 Å². The average molecular weight is 568 g/mol. The van der Waals surface area contributed by atoms with Crippen molar-refractivity contribution in [2.45, 2.75) is 32.2 Å². The minimum Gasteiger partial charge on any atom is -0.341 e. The highest BCUT2D eigenvalue weighted by Crippen LogP contribution is 2.37. The Morgan fingerprint density at radius 1 is 1.05 bits per heavy atom. The zero-order chi connectivity index (χ0) is 28.5. The molecule has 4 aromatic heterocycles. The molecule has 1 N–H and O–H groups in total. The second-order valence-corrected chi connectivity index (χ2v) is 11.0. The first-order valence-corrected chi connectivity index (χ1v) is 14.5. The maximum atomic E-state index is 13.5. The molecule has 11 heteroatoms. The number of aromatic nitrogens is 5. The molecule has 1 aliphatic rings. The van der Waals surface area contributed by atoms with E-state index in [-0.39, 0.29) is 5.82 Å². The number of thiazole rings is 1. The Bertz CT molecular complexity index is 1710. The Morgan fingerprint density at radius 3 is 2.41 bits per heavy atom. The molecule has 0 saturated carbocycles. The number of imidazole rings is 1. The minimum atomic E-state index is -0.330. The summed E-state index contributed by atoms with van der Waals surface area (Å²) < 4.78 is 15.6. The zero-order valence-corrected chi connectivity index (χ0v) is 24.0. The number of halogens is 1. The molecule has 1 aliphatic heterocycles. The Kier molecular flexibility index (Phi) is 7.34. The van der Waals surface area contributed by atoms with Crippen molar-refractivity contribution in [3.05, 3.63) is 71.4 Å². The number of aryl methyl sites for hydroxylation is 1. The van der Waals surface area contributed by atoms with Crippen LogP contribution in [0.1, 0.15) is 30.3 Å². The molecule has 0 aliphatic carbocycles. The van der Waals surface area contributed by atoms with E-state index in [1.54, 1.807) is 12.1 Å². The van der Waals surface area contributed by atoms with Crippen LogP contribution in [0, 0.1) is 17.1 Å². The van der Waals surface area contributed by atoms with Crippen molar-refractivity contribution < 1.29 is 4.39 Å². The largest absolute Gasteiger partial charge is 0.341 e. The van der Waals surface area contributed by atoms with E-state index in [9.17, 15) is 9.65 Å². The summed E-state index contributed by atoms with van der Waals surface area (Å²) in [5, 5.41) is 13.8. The topological polar surface area (TPSA) is 98.3 Å². The Morgan fingerprint density at radius 2 is 1.76 bits per heavy atom. The number of nitrogens with one attached hydrogen (secondary N) is 1. The Balaban J connectivity index is 1.33. The molecular formula is C30H30FN9S. The maximum absolute atomic E-state index is 13.5. The van der Waals surface area contributed by atoms with Gasteiger partial charge in [0.25, 0.3) is 0 Å². The van der Waals surface area contributed by atoms with Crippen molar-refractivity contribution in [2.24, 2.45) is 0 Å². The van der Waals surface area contributed by atoms with Crippen LogP contribution in [0.4, 0.5) is 21.3 Å². The van der Waals surface area contributed by atoms with Gasteiger partial charge in [-0.3, -0.25) is 4.40 Å². The molecule has 1 fully saturated rings. The van der Waals surface area contributed by atoms with Crippen LogP contribution in [0.3, 0.4) is 0 Å². The van der Waals surface area contributed by atoms with Crippen molar-refractivity contribution in [1.29, 1.82) is 5.26 Å². The first-order chi connectivity index (χ1) is 20.0. The van der Waals surface area contributed by atoms with E-state index in [4.69, 9.17) is 9.97 Å². The number of pyridine rings is 1. The van der Waals surface area contributed by atoms with Crippen molar-refractivity contribution in [2.75, 3.05) is 37.0 Å². The van der Waals surface area contributed by atoms with Crippen LogP contribution in [-0.2, 0) is 6.42 Å². The van der Waals surface area contributed by atoms with E-state index in [1.165, 1.54) is 23.5 Å². The summed E-state index contributed by atoms with van der Waals surface area (Å²) in [7, 11) is 3.94. The fraction of sp³-hybridized carbons (Fsp3) is 0.300. The Hall–Kier alpha value is -4.40. The number of benzene rings is 1. The van der Waals surface area contributed by atoms with Gasteiger partial charge >= 0.3 is 0 Å². The number of nitriles is 1. The van der Waals surface area contributed by atoms with Gasteiger partial charge in [0.15, 0.2) is 5.13 Å². The van der Waals surface area contributed by atoms with Crippen LogP contribution in [0.15, 0.2) is 55.0 Å². The maximum Gasteiger partial charge on any atom is 0.225 e. The molecule has 9 nitrogen and oxygen atoms in total. The number of anilines is 3. The van der Waals surface area contributed by atoms with Crippen LogP contribution in [-0.4, -0.2) is 57.6 Å². The van der Waals surface area contributed by atoms with Crippen LogP contribution < -0.4 is 15.1 Å². The van der Waals surface area contributed by atoms with Gasteiger partial charge in [0, 0.05) is 61.5 Å². The predicted molar refractivity (Wildman–Crippen MR) is 160 cm³/mol. The van der Waals surface area contributed by atoms with Gasteiger partial charge < -0.3 is 15.1 Å². The molecule has 6 rings (SSSR count). The summed E-state index contributed by atoms with van der Waals surface area (Å²) in [5.41, 5.74) is 4.85. The molecule has 0 radical (unpaired) electrons. The van der Waals surface area contributed by atoms with Crippen LogP contribution >= 0.6 is 11.3 Å². The lowest BCUT2D eigenvalue weighted by molar-refractivity contribution is 0.439.